The van der Waals surface area contributed by atoms with Gasteiger partial charge in [0.25, 0.3) is 0 Å². The molecule has 0 radical (unpaired) electrons. The number of anilines is 1. The highest BCUT2D eigenvalue weighted by atomic mass is 79.9. The number of nitrogen functional groups attached to an aromatic ring is 1. The predicted molar refractivity (Wildman–Crippen MR) is 80.0 cm³/mol. The van der Waals surface area contributed by atoms with E-state index in [0.29, 0.717) is 22.6 Å². The largest absolute Gasteiger partial charge is 0.308 e. The average Bonchev–Trinajstić information content (AvgIpc) is 3.25. The number of nitrogens with two attached hydrogens (primary N) is 1. The summed E-state index contributed by atoms with van der Waals surface area (Å²) in [5, 5.41) is 0.624. The van der Waals surface area contributed by atoms with Gasteiger partial charge in [-0.3, -0.25) is 0 Å². The zero-order valence-electron chi connectivity index (χ0n) is 10.0. The van der Waals surface area contributed by atoms with Crippen molar-refractivity contribution in [1.29, 1.82) is 0 Å². The van der Waals surface area contributed by atoms with Gasteiger partial charge in [0.05, 0.1) is 5.02 Å². The monoisotopic (exact) mass is 338 g/mol. The van der Waals surface area contributed by atoms with Crippen LogP contribution >= 0.6 is 27.5 Å². The second-order valence-corrected chi connectivity index (χ2v) is 5.87. The second kappa shape index (κ2) is 5.07. The fourth-order valence-electron chi connectivity index (χ4n) is 1.92. The van der Waals surface area contributed by atoms with Gasteiger partial charge in [-0.05, 0) is 31.0 Å². The minimum absolute atomic E-state index is 0.528. The molecule has 0 atom stereocenters. The number of hydrazine groups is 1. The van der Waals surface area contributed by atoms with Crippen LogP contribution in [0.2, 0.25) is 5.02 Å². The summed E-state index contributed by atoms with van der Waals surface area (Å²) in [5.41, 5.74) is 4.41. The molecule has 98 valence electrons. The molecule has 19 heavy (non-hydrogen) atoms. The Labute approximate surface area is 124 Å². The summed E-state index contributed by atoms with van der Waals surface area (Å²) in [6, 6.07) is 7.52. The van der Waals surface area contributed by atoms with Crippen molar-refractivity contribution in [3.8, 4) is 11.4 Å². The van der Waals surface area contributed by atoms with Crippen LogP contribution in [0.1, 0.15) is 24.5 Å². The third kappa shape index (κ3) is 2.73. The van der Waals surface area contributed by atoms with E-state index in [1.165, 1.54) is 12.8 Å². The number of nitrogens with one attached hydrogen (secondary N) is 1. The Hall–Kier alpha value is -1.17. The zero-order chi connectivity index (χ0) is 13.4. The summed E-state index contributed by atoms with van der Waals surface area (Å²) >= 11 is 9.66. The molecule has 0 amide bonds. The number of benzene rings is 1. The number of hydrogen-bond donors (Lipinski definition) is 2. The maximum absolute atomic E-state index is 6.22. The van der Waals surface area contributed by atoms with Crippen LogP contribution in [-0.2, 0) is 0 Å². The Morgan fingerprint density at radius 1 is 1.26 bits per heavy atom. The number of aromatic nitrogens is 2. The van der Waals surface area contributed by atoms with E-state index in [-0.39, 0.29) is 0 Å². The van der Waals surface area contributed by atoms with Crippen LogP contribution in [0.3, 0.4) is 0 Å². The standard InChI is InChI=1S/C13H12BrClN4/c14-8-3-4-10(15)9(5-8)13-17-11(7-1-2-7)6-12(18-13)19-16/h3-7H,1-2,16H2,(H,17,18,19). The Morgan fingerprint density at radius 2 is 2.05 bits per heavy atom. The molecule has 1 aromatic heterocycles. The summed E-state index contributed by atoms with van der Waals surface area (Å²) in [6.45, 7) is 0. The summed E-state index contributed by atoms with van der Waals surface area (Å²) in [4.78, 5) is 8.99. The average molecular weight is 340 g/mol. The Bertz CT molecular complexity index is 628. The van der Waals surface area contributed by atoms with Gasteiger partial charge in [-0.2, -0.15) is 0 Å². The predicted octanol–water partition coefficient (Wildman–Crippen LogP) is 3.72. The van der Waals surface area contributed by atoms with Gasteiger partial charge in [-0.15, -0.1) is 0 Å². The minimum atomic E-state index is 0.528. The van der Waals surface area contributed by atoms with Gasteiger partial charge in [0.1, 0.15) is 5.82 Å². The van der Waals surface area contributed by atoms with Crippen molar-refractivity contribution in [3.63, 3.8) is 0 Å². The molecule has 3 rings (SSSR count). The molecule has 0 spiro atoms. The van der Waals surface area contributed by atoms with Crippen molar-refractivity contribution in [2.75, 3.05) is 5.43 Å². The molecule has 0 aliphatic heterocycles. The molecule has 1 aliphatic carbocycles. The molecule has 0 bridgehead atoms. The van der Waals surface area contributed by atoms with Gasteiger partial charge in [-0.1, -0.05) is 27.5 Å². The molecule has 1 saturated carbocycles. The first-order valence-electron chi connectivity index (χ1n) is 5.98. The first-order valence-corrected chi connectivity index (χ1v) is 7.15. The number of rotatable bonds is 3. The molecule has 4 nitrogen and oxygen atoms in total. The highest BCUT2D eigenvalue weighted by molar-refractivity contribution is 9.10. The maximum atomic E-state index is 6.22. The molecule has 3 N–H and O–H groups in total. The smallest absolute Gasteiger partial charge is 0.163 e. The summed E-state index contributed by atoms with van der Waals surface area (Å²) < 4.78 is 0.939. The van der Waals surface area contributed by atoms with Crippen molar-refractivity contribution in [1.82, 2.24) is 9.97 Å². The Kier molecular flexibility index (Phi) is 3.43. The molecule has 2 aromatic rings. The van der Waals surface area contributed by atoms with Crippen molar-refractivity contribution in [2.45, 2.75) is 18.8 Å². The molecule has 6 heteroatoms. The topological polar surface area (TPSA) is 63.8 Å². The van der Waals surface area contributed by atoms with Crippen molar-refractivity contribution >= 4 is 33.3 Å². The lowest BCUT2D eigenvalue weighted by Crippen LogP contribution is -2.10. The minimum Gasteiger partial charge on any atom is -0.308 e. The highest BCUT2D eigenvalue weighted by Crippen LogP contribution is 2.40. The van der Waals surface area contributed by atoms with E-state index in [0.717, 1.165) is 15.7 Å². The van der Waals surface area contributed by atoms with E-state index >= 15 is 0 Å². The van der Waals surface area contributed by atoms with Crippen LogP contribution in [0.5, 0.6) is 0 Å². The summed E-state index contributed by atoms with van der Waals surface area (Å²) in [6.07, 6.45) is 2.35. The van der Waals surface area contributed by atoms with Gasteiger partial charge >= 0.3 is 0 Å². The van der Waals surface area contributed by atoms with Gasteiger partial charge < -0.3 is 5.43 Å². The SMILES string of the molecule is NNc1cc(C2CC2)nc(-c2cc(Br)ccc2Cl)n1. The number of hydrogen-bond acceptors (Lipinski definition) is 4. The molecule has 1 aromatic carbocycles. The first kappa shape index (κ1) is 12.8. The lowest BCUT2D eigenvalue weighted by molar-refractivity contribution is 0.991. The Balaban J connectivity index is 2.12. The number of halogens is 2. The zero-order valence-corrected chi connectivity index (χ0v) is 12.4. The molecule has 0 saturated heterocycles. The van der Waals surface area contributed by atoms with Crippen LogP contribution < -0.4 is 11.3 Å². The van der Waals surface area contributed by atoms with Crippen molar-refractivity contribution in [2.24, 2.45) is 5.84 Å². The third-order valence-corrected chi connectivity index (χ3v) is 3.88. The molecule has 1 heterocycles. The van der Waals surface area contributed by atoms with Crippen LogP contribution in [0.4, 0.5) is 5.82 Å². The van der Waals surface area contributed by atoms with E-state index in [9.17, 15) is 0 Å². The lowest BCUT2D eigenvalue weighted by Gasteiger charge is -2.08. The molecule has 1 aliphatic rings. The third-order valence-electron chi connectivity index (χ3n) is 3.06. The second-order valence-electron chi connectivity index (χ2n) is 4.54. The van der Waals surface area contributed by atoms with Gasteiger partial charge in [-0.25, -0.2) is 15.8 Å². The Morgan fingerprint density at radius 3 is 2.74 bits per heavy atom. The quantitative estimate of drug-likeness (QED) is 0.661. The number of nitrogens with zero attached hydrogens (tertiary/aromatic N) is 2. The van der Waals surface area contributed by atoms with Gasteiger partial charge in [0, 0.05) is 27.7 Å². The van der Waals surface area contributed by atoms with Crippen molar-refractivity contribution in [3.05, 3.63) is 39.5 Å². The van der Waals surface area contributed by atoms with Gasteiger partial charge in [0.2, 0.25) is 0 Å². The molecular weight excluding hydrogens is 328 g/mol. The maximum Gasteiger partial charge on any atom is 0.163 e. The fraction of sp³-hybridized carbons (Fsp3) is 0.231. The van der Waals surface area contributed by atoms with Crippen LogP contribution in [-0.4, -0.2) is 9.97 Å². The normalized spacial score (nSPS) is 14.5. The van der Waals surface area contributed by atoms with E-state index < -0.39 is 0 Å². The van der Waals surface area contributed by atoms with Crippen LogP contribution in [0, 0.1) is 0 Å². The highest BCUT2D eigenvalue weighted by Gasteiger charge is 2.26. The van der Waals surface area contributed by atoms with Crippen molar-refractivity contribution < 1.29 is 0 Å². The molecular formula is C13H12BrClN4. The van der Waals surface area contributed by atoms with E-state index in [2.05, 4.69) is 31.3 Å². The first-order chi connectivity index (χ1) is 9.17. The van der Waals surface area contributed by atoms with E-state index in [1.807, 2.05) is 24.3 Å². The molecule has 1 fully saturated rings. The van der Waals surface area contributed by atoms with Crippen LogP contribution in [0.15, 0.2) is 28.7 Å². The summed E-state index contributed by atoms with van der Waals surface area (Å²) in [5.74, 6) is 7.21. The lowest BCUT2D eigenvalue weighted by atomic mass is 10.2. The fourth-order valence-corrected chi connectivity index (χ4v) is 2.48. The summed E-state index contributed by atoms with van der Waals surface area (Å²) in [7, 11) is 0. The van der Waals surface area contributed by atoms with Gasteiger partial charge in [0.15, 0.2) is 5.82 Å². The molecule has 0 unspecified atom stereocenters. The van der Waals surface area contributed by atoms with E-state index in [4.69, 9.17) is 17.4 Å². The van der Waals surface area contributed by atoms with E-state index in [1.54, 1.807) is 0 Å². The van der Waals surface area contributed by atoms with Crippen LogP contribution in [0.25, 0.3) is 11.4 Å².